The van der Waals surface area contributed by atoms with E-state index in [9.17, 15) is 0 Å². The molecule has 0 fully saturated rings. The van der Waals surface area contributed by atoms with Crippen molar-refractivity contribution in [3.63, 3.8) is 0 Å². The molecule has 1 heteroatoms. The Hall–Kier alpha value is -0.750. The first-order chi connectivity index (χ1) is 13.1. The Kier molecular flexibility index (Phi) is 67.1. The topological polar surface area (TPSA) is 0 Å². The third kappa shape index (κ3) is 98.9. The van der Waals surface area contributed by atoms with E-state index in [0.717, 1.165) is 16.9 Å². The number of aryl methyl sites for hydroxylation is 1. The van der Waals surface area contributed by atoms with Gasteiger partial charge in [0.2, 0.25) is 0 Å². The summed E-state index contributed by atoms with van der Waals surface area (Å²) in [5.41, 5.74) is 1.21. The molecule has 0 saturated heterocycles. The number of benzene rings is 1. The third-order valence-corrected chi connectivity index (χ3v) is 2.08. The summed E-state index contributed by atoms with van der Waals surface area (Å²) in [5.74, 6) is 1.73. The zero-order valence-electron chi connectivity index (χ0n) is 22.2. The van der Waals surface area contributed by atoms with Crippen LogP contribution in [0.1, 0.15) is 115 Å². The van der Waals surface area contributed by atoms with Gasteiger partial charge in [-0.05, 0) is 43.4 Å². The van der Waals surface area contributed by atoms with Crippen molar-refractivity contribution in [3.05, 3.63) is 47.5 Å². The van der Waals surface area contributed by atoms with Crippen LogP contribution >= 0.6 is 11.6 Å². The van der Waals surface area contributed by atoms with Crippen molar-refractivity contribution in [2.45, 2.75) is 116 Å². The Labute approximate surface area is 187 Å². The predicted octanol–water partition coefficient (Wildman–Crippen LogP) is 11.4. The molecule has 0 aliphatic carbocycles. The van der Waals surface area contributed by atoms with Crippen LogP contribution in [0.25, 0.3) is 0 Å². The largest absolute Gasteiger partial charge is 0.103 e. The second kappa shape index (κ2) is 45.2. The van der Waals surface area contributed by atoms with Gasteiger partial charge in [-0.25, -0.2) is 0 Å². The highest BCUT2D eigenvalue weighted by Gasteiger charge is 1.85. The molecule has 0 aromatic heterocycles. The quantitative estimate of drug-likeness (QED) is 0.420. The summed E-state index contributed by atoms with van der Waals surface area (Å²) in [7, 11) is 0. The summed E-state index contributed by atoms with van der Waals surface area (Å²) in [6.45, 7) is 32.7. The number of halogens is 1. The minimum Gasteiger partial charge on any atom is -0.103 e. The fourth-order valence-electron chi connectivity index (χ4n) is 1.18. The first-order valence-electron chi connectivity index (χ1n) is 11.4. The molecule has 0 bridgehead atoms. The van der Waals surface area contributed by atoms with Gasteiger partial charge >= 0.3 is 0 Å². The molecule has 0 aliphatic rings. The Bertz CT molecular complexity index is 307. The van der Waals surface area contributed by atoms with E-state index in [0.29, 0.717) is 0 Å². The summed E-state index contributed by atoms with van der Waals surface area (Å²) >= 11 is 5.64. The number of allylic oxidation sites excluding steroid dienone is 1. The fourth-order valence-corrected chi connectivity index (χ4v) is 1.43. The summed E-state index contributed by atoms with van der Waals surface area (Å²) < 4.78 is 0. The van der Waals surface area contributed by atoms with Crippen molar-refractivity contribution in [2.75, 3.05) is 0 Å². The molecule has 0 N–H and O–H groups in total. The van der Waals surface area contributed by atoms with Crippen LogP contribution < -0.4 is 0 Å². The van der Waals surface area contributed by atoms with Crippen LogP contribution in [0.4, 0.5) is 0 Å². The Balaban J connectivity index is -0.0000000544. The van der Waals surface area contributed by atoms with E-state index in [4.69, 9.17) is 11.6 Å². The van der Waals surface area contributed by atoms with Gasteiger partial charge in [0.1, 0.15) is 0 Å². The SMILES string of the molecule is C=CC.CC.CC.CC(C)C.CCC.CCCC(C)C.Cc1cccc(Cl)c1. The summed E-state index contributed by atoms with van der Waals surface area (Å²) in [5, 5.41) is 0.810. The lowest BCUT2D eigenvalue weighted by atomic mass is 10.1. The molecule has 0 saturated carbocycles. The van der Waals surface area contributed by atoms with Gasteiger partial charge < -0.3 is 0 Å². The first kappa shape index (κ1) is 41.6. The maximum Gasteiger partial charge on any atom is 0.0408 e. The summed E-state index contributed by atoms with van der Waals surface area (Å²) in [6.07, 6.45) is 5.71. The van der Waals surface area contributed by atoms with Crippen molar-refractivity contribution in [3.8, 4) is 0 Å². The Morgan fingerprint density at radius 2 is 1.25 bits per heavy atom. The monoisotopic (exact) mass is 416 g/mol. The maximum absolute atomic E-state index is 5.64. The van der Waals surface area contributed by atoms with Crippen molar-refractivity contribution in [2.24, 2.45) is 11.8 Å². The van der Waals surface area contributed by atoms with Crippen LogP contribution in [0.3, 0.4) is 0 Å². The van der Waals surface area contributed by atoms with Gasteiger partial charge in [0, 0.05) is 5.02 Å². The van der Waals surface area contributed by atoms with E-state index in [1.54, 1.807) is 6.08 Å². The third-order valence-electron chi connectivity index (χ3n) is 1.85. The van der Waals surface area contributed by atoms with Crippen molar-refractivity contribution < 1.29 is 0 Å². The number of rotatable bonds is 2. The minimum absolute atomic E-state index is 0.810. The van der Waals surface area contributed by atoms with Gasteiger partial charge in [0.25, 0.3) is 0 Å². The summed E-state index contributed by atoms with van der Waals surface area (Å²) in [6, 6.07) is 7.76. The van der Waals surface area contributed by atoms with Crippen molar-refractivity contribution in [1.29, 1.82) is 0 Å². The molecule has 1 aromatic rings. The van der Waals surface area contributed by atoms with Crippen LogP contribution in [-0.2, 0) is 0 Å². The van der Waals surface area contributed by atoms with Gasteiger partial charge in [0.05, 0.1) is 0 Å². The van der Waals surface area contributed by atoms with Gasteiger partial charge in [-0.15, -0.1) is 6.58 Å². The highest BCUT2D eigenvalue weighted by atomic mass is 35.5. The van der Waals surface area contributed by atoms with E-state index in [1.165, 1.54) is 24.8 Å². The Morgan fingerprint density at radius 3 is 1.36 bits per heavy atom. The van der Waals surface area contributed by atoms with Gasteiger partial charge in [-0.2, -0.15) is 0 Å². The van der Waals surface area contributed by atoms with Crippen molar-refractivity contribution in [1.82, 2.24) is 0 Å². The molecule has 0 nitrogen and oxygen atoms in total. The predicted molar refractivity (Wildman–Crippen MR) is 141 cm³/mol. The number of hydrogen-bond donors (Lipinski definition) is 0. The average Bonchev–Trinajstić information content (AvgIpc) is 2.59. The molecule has 0 unspecified atom stereocenters. The zero-order chi connectivity index (χ0) is 24.0. The average molecular weight is 417 g/mol. The van der Waals surface area contributed by atoms with Gasteiger partial charge in [-0.3, -0.25) is 0 Å². The first-order valence-corrected chi connectivity index (χ1v) is 11.8. The molecule has 28 heavy (non-hydrogen) atoms. The second-order valence-corrected chi connectivity index (χ2v) is 7.27. The highest BCUT2D eigenvalue weighted by molar-refractivity contribution is 6.30. The number of hydrogen-bond acceptors (Lipinski definition) is 0. The summed E-state index contributed by atoms with van der Waals surface area (Å²) in [4.78, 5) is 0. The van der Waals surface area contributed by atoms with E-state index in [-0.39, 0.29) is 0 Å². The normalized spacial score (nSPS) is 7.61. The Morgan fingerprint density at radius 1 is 0.929 bits per heavy atom. The second-order valence-electron chi connectivity index (χ2n) is 6.83. The lowest BCUT2D eigenvalue weighted by Gasteiger charge is -1.95. The molecule has 0 spiro atoms. The molecular formula is C27H57Cl. The van der Waals surface area contributed by atoms with E-state index < -0.39 is 0 Å². The van der Waals surface area contributed by atoms with Crippen molar-refractivity contribution >= 4 is 11.6 Å². The zero-order valence-corrected chi connectivity index (χ0v) is 23.0. The molecule has 0 aliphatic heterocycles. The van der Waals surface area contributed by atoms with E-state index in [1.807, 2.05) is 65.8 Å². The van der Waals surface area contributed by atoms with Crippen LogP contribution in [0, 0.1) is 18.8 Å². The molecule has 1 rings (SSSR count). The molecule has 0 atom stereocenters. The molecule has 1 aromatic carbocycles. The van der Waals surface area contributed by atoms with E-state index >= 15 is 0 Å². The van der Waals surface area contributed by atoms with Crippen LogP contribution in [0.15, 0.2) is 36.9 Å². The minimum atomic E-state index is 0.810. The molecular weight excluding hydrogens is 360 g/mol. The lowest BCUT2D eigenvalue weighted by molar-refractivity contribution is 0.576. The molecule has 172 valence electrons. The van der Waals surface area contributed by atoms with Crippen LogP contribution in [0.5, 0.6) is 0 Å². The fraction of sp³-hybridized carbons (Fsp3) is 0.704. The smallest absolute Gasteiger partial charge is 0.0408 e. The van der Waals surface area contributed by atoms with E-state index in [2.05, 4.69) is 62.0 Å². The lowest BCUT2D eigenvalue weighted by Crippen LogP contribution is -1.81. The maximum atomic E-state index is 5.64. The highest BCUT2D eigenvalue weighted by Crippen LogP contribution is 2.08. The van der Waals surface area contributed by atoms with Crippen LogP contribution in [0.2, 0.25) is 5.02 Å². The molecule has 0 radical (unpaired) electrons. The van der Waals surface area contributed by atoms with Crippen LogP contribution in [-0.4, -0.2) is 0 Å². The molecule has 0 amide bonds. The molecule has 0 heterocycles. The van der Waals surface area contributed by atoms with Gasteiger partial charge in [-0.1, -0.05) is 132 Å². The van der Waals surface area contributed by atoms with Gasteiger partial charge in [0.15, 0.2) is 0 Å². The standard InChI is InChI=1S/C7H7Cl.C6H14.C4H10.C3H8.C3H6.2C2H6/c1-6-3-2-4-7(8)5-6;1-4-5-6(2)3;1-4(2)3;2*1-3-2;2*1-2/h2-5H,1H3;6H,4-5H2,1-3H3;4H,1-3H3;3H2,1-2H3;3H,1H2,2H3;2*1-2H3.